The molecule has 0 bridgehead atoms. The molecule has 4 aromatic rings. The number of ether oxygens (including phenoxy) is 1. The van der Waals surface area contributed by atoms with Crippen molar-refractivity contribution < 1.29 is 33.8 Å². The molecule has 0 aliphatic carbocycles. The monoisotopic (exact) mass is 526 g/mol. The van der Waals surface area contributed by atoms with Crippen molar-refractivity contribution in [2.45, 2.75) is 12.6 Å². The summed E-state index contributed by atoms with van der Waals surface area (Å²) in [5.41, 5.74) is 2.58. The number of rotatable bonds is 8. The number of furan rings is 1. The number of hydrogen-bond donors (Lipinski definition) is 2. The molecule has 1 unspecified atom stereocenters. The van der Waals surface area contributed by atoms with E-state index in [4.69, 9.17) is 9.15 Å². The van der Waals surface area contributed by atoms with E-state index in [9.17, 15) is 24.6 Å². The van der Waals surface area contributed by atoms with Gasteiger partial charge in [0, 0.05) is 31.7 Å². The molecule has 9 heteroatoms. The average molecular weight is 527 g/mol. The molecule has 39 heavy (non-hydrogen) atoms. The van der Waals surface area contributed by atoms with Gasteiger partial charge in [0.05, 0.1) is 24.3 Å². The Labute approximate surface area is 224 Å². The highest BCUT2D eigenvalue weighted by Crippen LogP contribution is 2.41. The highest BCUT2D eigenvalue weighted by Gasteiger charge is 2.44. The number of fused-ring (bicyclic) bond motifs is 1. The van der Waals surface area contributed by atoms with Gasteiger partial charge in [-0.1, -0.05) is 36.4 Å². The number of ketones is 1. The third-order valence-electron chi connectivity index (χ3n) is 6.78. The number of amides is 1. The summed E-state index contributed by atoms with van der Waals surface area (Å²) in [5, 5.41) is 20.9. The zero-order valence-electron chi connectivity index (χ0n) is 21.5. The van der Waals surface area contributed by atoms with Crippen molar-refractivity contribution in [3.8, 4) is 5.75 Å². The number of methoxy groups -OCH3 is 1. The number of carbonyl (C=O) groups is 3. The van der Waals surface area contributed by atoms with E-state index in [2.05, 4.69) is 0 Å². The SMILES string of the molecule is COc1cccc2cc(C(=O)C3=C(O)C(=O)N(Cc4ccc(C(=O)O)cc4)C3c3ccc(N(C)C)cc3)oc12. The number of carboxylic acid groups (broad SMARTS) is 1. The van der Waals surface area contributed by atoms with Crippen molar-refractivity contribution in [1.29, 1.82) is 0 Å². The van der Waals surface area contributed by atoms with E-state index in [1.54, 1.807) is 48.5 Å². The quantitative estimate of drug-likeness (QED) is 0.308. The van der Waals surface area contributed by atoms with Crippen LogP contribution in [0.5, 0.6) is 5.75 Å². The predicted molar refractivity (Wildman–Crippen MR) is 144 cm³/mol. The zero-order chi connectivity index (χ0) is 27.8. The maximum atomic E-state index is 13.8. The largest absolute Gasteiger partial charge is 0.503 e. The molecule has 1 amide bonds. The van der Waals surface area contributed by atoms with Gasteiger partial charge in [-0.25, -0.2) is 4.79 Å². The highest BCUT2D eigenvalue weighted by atomic mass is 16.5. The van der Waals surface area contributed by atoms with Crippen LogP contribution in [0.15, 0.2) is 88.5 Å². The molecule has 1 atom stereocenters. The van der Waals surface area contributed by atoms with E-state index in [1.165, 1.54) is 24.1 Å². The Morgan fingerprint density at radius 2 is 1.72 bits per heavy atom. The standard InChI is InChI=1S/C30H26N2O7/c1-31(2)21-13-11-18(12-14-21)25-24(26(33)23-15-20-5-4-6-22(38-3)28(20)39-23)27(34)29(35)32(25)16-17-7-9-19(10-8-17)30(36)37/h4-15,25,34H,16H2,1-3H3,(H,36,37). The second-order valence-electron chi connectivity index (χ2n) is 9.40. The maximum Gasteiger partial charge on any atom is 0.335 e. The smallest absolute Gasteiger partial charge is 0.335 e. The molecule has 198 valence electrons. The molecule has 0 fully saturated rings. The highest BCUT2D eigenvalue weighted by molar-refractivity contribution is 6.16. The fourth-order valence-electron chi connectivity index (χ4n) is 4.74. The van der Waals surface area contributed by atoms with Crippen LogP contribution >= 0.6 is 0 Å². The first kappa shape index (κ1) is 25.6. The number of hydrogen-bond acceptors (Lipinski definition) is 7. The Balaban J connectivity index is 1.58. The van der Waals surface area contributed by atoms with Crippen molar-refractivity contribution in [3.05, 3.63) is 107 Å². The summed E-state index contributed by atoms with van der Waals surface area (Å²) in [7, 11) is 5.30. The van der Waals surface area contributed by atoms with Crippen LogP contribution in [0.4, 0.5) is 5.69 Å². The lowest BCUT2D eigenvalue weighted by molar-refractivity contribution is -0.130. The lowest BCUT2D eigenvalue weighted by Gasteiger charge is -2.27. The van der Waals surface area contributed by atoms with Crippen LogP contribution in [0.3, 0.4) is 0 Å². The van der Waals surface area contributed by atoms with Crippen LogP contribution in [0.25, 0.3) is 11.0 Å². The lowest BCUT2D eigenvalue weighted by atomic mass is 9.94. The molecule has 1 aliphatic rings. The molecule has 1 aliphatic heterocycles. The van der Waals surface area contributed by atoms with Crippen LogP contribution in [-0.4, -0.2) is 54.0 Å². The fourth-order valence-corrected chi connectivity index (χ4v) is 4.74. The van der Waals surface area contributed by atoms with Gasteiger partial charge in [0.25, 0.3) is 5.91 Å². The minimum Gasteiger partial charge on any atom is -0.503 e. The van der Waals surface area contributed by atoms with Crippen molar-refractivity contribution in [3.63, 3.8) is 0 Å². The van der Waals surface area contributed by atoms with E-state index in [0.29, 0.717) is 27.8 Å². The summed E-state index contributed by atoms with van der Waals surface area (Å²) in [6.07, 6.45) is 0. The fraction of sp³-hybridized carbons (Fsp3) is 0.167. The number of anilines is 1. The van der Waals surface area contributed by atoms with Gasteiger partial charge >= 0.3 is 5.97 Å². The molecule has 5 rings (SSSR count). The number of aromatic carboxylic acids is 1. The second-order valence-corrected chi connectivity index (χ2v) is 9.40. The van der Waals surface area contributed by atoms with Gasteiger partial charge in [-0.3, -0.25) is 9.59 Å². The summed E-state index contributed by atoms with van der Waals surface area (Å²) < 4.78 is 11.2. The van der Waals surface area contributed by atoms with E-state index >= 15 is 0 Å². The van der Waals surface area contributed by atoms with Gasteiger partial charge in [0.1, 0.15) is 0 Å². The number of aliphatic hydroxyl groups excluding tert-OH is 1. The van der Waals surface area contributed by atoms with Crippen LogP contribution in [0.2, 0.25) is 0 Å². The van der Waals surface area contributed by atoms with Gasteiger partial charge < -0.3 is 29.2 Å². The molecule has 0 spiro atoms. The predicted octanol–water partition coefficient (Wildman–Crippen LogP) is 4.98. The summed E-state index contributed by atoms with van der Waals surface area (Å²) >= 11 is 0. The zero-order valence-corrected chi connectivity index (χ0v) is 21.5. The number of aliphatic hydroxyl groups is 1. The normalized spacial score (nSPS) is 15.2. The first-order valence-electron chi connectivity index (χ1n) is 12.1. The van der Waals surface area contributed by atoms with Crippen molar-refractivity contribution in [1.82, 2.24) is 4.90 Å². The topological polar surface area (TPSA) is 121 Å². The molecule has 0 saturated heterocycles. The summed E-state index contributed by atoms with van der Waals surface area (Å²) in [4.78, 5) is 41.8. The van der Waals surface area contributed by atoms with Crippen LogP contribution in [-0.2, 0) is 11.3 Å². The molecule has 1 aromatic heterocycles. The summed E-state index contributed by atoms with van der Waals surface area (Å²) in [6.45, 7) is 0.0353. The van der Waals surface area contributed by atoms with E-state index in [-0.39, 0.29) is 23.4 Å². The van der Waals surface area contributed by atoms with Crippen molar-refractivity contribution in [2.75, 3.05) is 26.1 Å². The minimum absolute atomic E-state index is 0.0353. The molecule has 3 aromatic carbocycles. The maximum absolute atomic E-state index is 13.8. The number of benzene rings is 3. The number of carboxylic acids is 1. The van der Waals surface area contributed by atoms with Gasteiger partial charge in [0.15, 0.2) is 22.9 Å². The summed E-state index contributed by atoms with van der Waals surface area (Å²) in [5.74, 6) is -2.63. The second kappa shape index (κ2) is 10.0. The van der Waals surface area contributed by atoms with Crippen molar-refractivity contribution in [2.24, 2.45) is 0 Å². The molecular weight excluding hydrogens is 500 g/mol. The average Bonchev–Trinajstić information content (AvgIpc) is 3.48. The first-order valence-corrected chi connectivity index (χ1v) is 12.1. The third-order valence-corrected chi connectivity index (χ3v) is 6.78. The molecule has 2 heterocycles. The first-order chi connectivity index (χ1) is 18.7. The molecule has 9 nitrogen and oxygen atoms in total. The van der Waals surface area contributed by atoms with Crippen LogP contribution in [0, 0.1) is 0 Å². The Bertz CT molecular complexity index is 1620. The van der Waals surface area contributed by atoms with Crippen LogP contribution in [0.1, 0.15) is 38.1 Å². The Morgan fingerprint density at radius 3 is 2.33 bits per heavy atom. The van der Waals surface area contributed by atoms with Gasteiger partial charge in [-0.15, -0.1) is 0 Å². The van der Waals surface area contributed by atoms with Gasteiger partial charge in [0.2, 0.25) is 5.78 Å². The van der Waals surface area contributed by atoms with Gasteiger partial charge in [-0.2, -0.15) is 0 Å². The van der Waals surface area contributed by atoms with Gasteiger partial charge in [-0.05, 0) is 47.5 Å². The minimum atomic E-state index is -1.06. The number of para-hydroxylation sites is 1. The Morgan fingerprint density at radius 1 is 1.03 bits per heavy atom. The lowest BCUT2D eigenvalue weighted by Crippen LogP contribution is -2.30. The Kier molecular flexibility index (Phi) is 6.57. The number of Topliss-reactive ketones (excluding diaryl/α,β-unsaturated/α-hetero) is 1. The molecule has 0 radical (unpaired) electrons. The molecule has 0 saturated carbocycles. The molecule has 2 N–H and O–H groups in total. The third kappa shape index (κ3) is 4.59. The van der Waals surface area contributed by atoms with E-state index in [1.807, 2.05) is 31.1 Å². The Hall–Kier alpha value is -5.05. The van der Waals surface area contributed by atoms with Crippen LogP contribution < -0.4 is 9.64 Å². The molecular formula is C30H26N2O7. The van der Waals surface area contributed by atoms with E-state index in [0.717, 1.165) is 5.69 Å². The number of nitrogens with zero attached hydrogens (tertiary/aromatic N) is 2. The number of carbonyl (C=O) groups excluding carboxylic acids is 2. The summed E-state index contributed by atoms with van der Waals surface area (Å²) in [6, 6.07) is 19.3. The van der Waals surface area contributed by atoms with E-state index < -0.39 is 29.5 Å². The van der Waals surface area contributed by atoms with Crippen molar-refractivity contribution >= 4 is 34.3 Å².